The summed E-state index contributed by atoms with van der Waals surface area (Å²) >= 11 is 0. The second-order valence-electron chi connectivity index (χ2n) is 5.75. The van der Waals surface area contributed by atoms with Gasteiger partial charge >= 0.3 is 0 Å². The average molecular weight is 244 g/mol. The third kappa shape index (κ3) is 2.77. The number of hydrogen-bond donors (Lipinski definition) is 0. The van der Waals surface area contributed by atoms with Crippen molar-refractivity contribution in [1.82, 2.24) is 0 Å². The molecule has 1 heteroatoms. The van der Waals surface area contributed by atoms with Crippen LogP contribution < -0.4 is 4.74 Å². The number of ether oxygens (including phenoxy) is 1. The van der Waals surface area contributed by atoms with Gasteiger partial charge < -0.3 is 4.74 Å². The number of methoxy groups -OCH3 is 1. The molecule has 1 aliphatic carbocycles. The zero-order chi connectivity index (χ0) is 13.1. The highest BCUT2D eigenvalue weighted by Gasteiger charge is 2.30. The highest BCUT2D eigenvalue weighted by Crippen LogP contribution is 2.43. The van der Waals surface area contributed by atoms with Crippen LogP contribution in [0.3, 0.4) is 0 Å². The van der Waals surface area contributed by atoms with Gasteiger partial charge in [0.1, 0.15) is 5.75 Å². The molecule has 0 saturated heterocycles. The van der Waals surface area contributed by atoms with Crippen LogP contribution in [0.1, 0.15) is 44.6 Å². The SMILES string of the molecule is C=C(C)[C@@H]1CC[C@@H](C)C[C@H]1c1ccc(OC)cc1. The van der Waals surface area contributed by atoms with E-state index < -0.39 is 0 Å². The minimum atomic E-state index is 0.636. The Morgan fingerprint density at radius 2 is 1.89 bits per heavy atom. The molecule has 0 aromatic heterocycles. The third-order valence-electron chi connectivity index (χ3n) is 4.29. The topological polar surface area (TPSA) is 9.23 Å². The van der Waals surface area contributed by atoms with Crippen molar-refractivity contribution in [2.75, 3.05) is 7.11 Å². The van der Waals surface area contributed by atoms with E-state index in [1.54, 1.807) is 7.11 Å². The molecule has 0 heterocycles. The molecule has 1 nitrogen and oxygen atoms in total. The van der Waals surface area contributed by atoms with Gasteiger partial charge in [-0.15, -0.1) is 0 Å². The summed E-state index contributed by atoms with van der Waals surface area (Å²) in [6.07, 6.45) is 3.90. The standard InChI is InChI=1S/C17H24O/c1-12(2)16-10-5-13(3)11-17(16)14-6-8-15(18-4)9-7-14/h6-9,13,16-17H,1,5,10-11H2,2-4H3/t13-,16+,17+/m1/s1. The zero-order valence-electron chi connectivity index (χ0n) is 11.8. The predicted octanol–water partition coefficient (Wildman–Crippen LogP) is 4.79. The van der Waals surface area contributed by atoms with Crippen LogP contribution in [0.2, 0.25) is 0 Å². The van der Waals surface area contributed by atoms with Crippen molar-refractivity contribution in [3.8, 4) is 5.75 Å². The molecule has 0 N–H and O–H groups in total. The van der Waals surface area contributed by atoms with E-state index in [1.165, 1.54) is 30.4 Å². The smallest absolute Gasteiger partial charge is 0.118 e. The van der Waals surface area contributed by atoms with Crippen molar-refractivity contribution in [2.24, 2.45) is 11.8 Å². The van der Waals surface area contributed by atoms with Gasteiger partial charge in [-0.3, -0.25) is 0 Å². The Kier molecular flexibility index (Phi) is 4.11. The normalized spacial score (nSPS) is 27.8. The first kappa shape index (κ1) is 13.2. The van der Waals surface area contributed by atoms with Crippen LogP contribution in [0, 0.1) is 11.8 Å². The maximum atomic E-state index is 5.23. The minimum Gasteiger partial charge on any atom is -0.497 e. The maximum Gasteiger partial charge on any atom is 0.118 e. The molecular weight excluding hydrogens is 220 g/mol. The van der Waals surface area contributed by atoms with E-state index in [9.17, 15) is 0 Å². The third-order valence-corrected chi connectivity index (χ3v) is 4.29. The summed E-state index contributed by atoms with van der Waals surface area (Å²) < 4.78 is 5.23. The van der Waals surface area contributed by atoms with E-state index in [4.69, 9.17) is 4.74 Å². The lowest BCUT2D eigenvalue weighted by molar-refractivity contribution is 0.277. The summed E-state index contributed by atoms with van der Waals surface area (Å²) in [7, 11) is 1.72. The van der Waals surface area contributed by atoms with E-state index in [0.717, 1.165) is 11.7 Å². The Hall–Kier alpha value is -1.24. The Morgan fingerprint density at radius 1 is 1.22 bits per heavy atom. The number of rotatable bonds is 3. The van der Waals surface area contributed by atoms with Gasteiger partial charge in [-0.25, -0.2) is 0 Å². The van der Waals surface area contributed by atoms with E-state index >= 15 is 0 Å². The second kappa shape index (κ2) is 5.60. The molecule has 0 bridgehead atoms. The molecule has 1 saturated carbocycles. The van der Waals surface area contributed by atoms with Crippen molar-refractivity contribution >= 4 is 0 Å². The fourth-order valence-electron chi connectivity index (χ4n) is 3.19. The van der Waals surface area contributed by atoms with Gasteiger partial charge in [0.25, 0.3) is 0 Å². The van der Waals surface area contributed by atoms with Crippen LogP contribution in [-0.2, 0) is 0 Å². The van der Waals surface area contributed by atoms with Gasteiger partial charge in [-0.05, 0) is 55.2 Å². The molecule has 18 heavy (non-hydrogen) atoms. The predicted molar refractivity (Wildman–Crippen MR) is 77.1 cm³/mol. The molecule has 0 aliphatic heterocycles. The van der Waals surface area contributed by atoms with Gasteiger partial charge in [0.15, 0.2) is 0 Å². The van der Waals surface area contributed by atoms with Crippen LogP contribution in [0.5, 0.6) is 5.75 Å². The molecule has 1 fully saturated rings. The molecule has 3 atom stereocenters. The van der Waals surface area contributed by atoms with Crippen LogP contribution in [0.15, 0.2) is 36.4 Å². The molecule has 1 aromatic rings. The molecule has 0 amide bonds. The van der Waals surface area contributed by atoms with Gasteiger partial charge in [-0.1, -0.05) is 37.6 Å². The van der Waals surface area contributed by atoms with E-state index in [-0.39, 0.29) is 0 Å². The Balaban J connectivity index is 2.23. The van der Waals surface area contributed by atoms with E-state index in [1.807, 2.05) is 0 Å². The largest absolute Gasteiger partial charge is 0.497 e. The van der Waals surface area contributed by atoms with Crippen LogP contribution in [0.4, 0.5) is 0 Å². The fraction of sp³-hybridized carbons (Fsp3) is 0.529. The lowest BCUT2D eigenvalue weighted by Gasteiger charge is -2.35. The molecule has 2 rings (SSSR count). The van der Waals surface area contributed by atoms with Gasteiger partial charge in [0, 0.05) is 0 Å². The molecule has 1 aliphatic rings. The van der Waals surface area contributed by atoms with Crippen LogP contribution in [0.25, 0.3) is 0 Å². The maximum absolute atomic E-state index is 5.23. The lowest BCUT2D eigenvalue weighted by Crippen LogP contribution is -2.22. The van der Waals surface area contributed by atoms with Crippen LogP contribution >= 0.6 is 0 Å². The van der Waals surface area contributed by atoms with Gasteiger partial charge in [0.2, 0.25) is 0 Å². The van der Waals surface area contributed by atoms with E-state index in [0.29, 0.717) is 11.8 Å². The zero-order valence-corrected chi connectivity index (χ0v) is 11.8. The summed E-state index contributed by atoms with van der Waals surface area (Å²) in [5.74, 6) is 3.05. The Labute approximate surface area is 111 Å². The second-order valence-corrected chi connectivity index (χ2v) is 5.75. The fourth-order valence-corrected chi connectivity index (χ4v) is 3.19. The first-order valence-electron chi connectivity index (χ1n) is 6.91. The monoisotopic (exact) mass is 244 g/mol. The molecule has 0 radical (unpaired) electrons. The van der Waals surface area contributed by atoms with Crippen molar-refractivity contribution in [2.45, 2.75) is 39.0 Å². The van der Waals surface area contributed by atoms with E-state index in [2.05, 4.69) is 44.7 Å². The summed E-state index contributed by atoms with van der Waals surface area (Å²) in [6.45, 7) is 8.73. The number of hydrogen-bond acceptors (Lipinski definition) is 1. The highest BCUT2D eigenvalue weighted by atomic mass is 16.5. The van der Waals surface area contributed by atoms with Crippen LogP contribution in [-0.4, -0.2) is 7.11 Å². The molecular formula is C17H24O. The molecule has 1 aromatic carbocycles. The highest BCUT2D eigenvalue weighted by molar-refractivity contribution is 5.31. The Morgan fingerprint density at radius 3 is 2.44 bits per heavy atom. The number of benzene rings is 1. The minimum absolute atomic E-state index is 0.636. The first-order valence-corrected chi connectivity index (χ1v) is 6.91. The Bertz CT molecular complexity index is 404. The quantitative estimate of drug-likeness (QED) is 0.694. The van der Waals surface area contributed by atoms with Crippen molar-refractivity contribution in [3.63, 3.8) is 0 Å². The van der Waals surface area contributed by atoms with Gasteiger partial charge in [0.05, 0.1) is 7.11 Å². The molecule has 0 spiro atoms. The summed E-state index contributed by atoms with van der Waals surface area (Å²) in [6, 6.07) is 8.59. The summed E-state index contributed by atoms with van der Waals surface area (Å²) in [4.78, 5) is 0. The van der Waals surface area contributed by atoms with Crippen molar-refractivity contribution in [3.05, 3.63) is 42.0 Å². The van der Waals surface area contributed by atoms with Crippen molar-refractivity contribution in [1.29, 1.82) is 0 Å². The summed E-state index contributed by atoms with van der Waals surface area (Å²) in [5, 5.41) is 0. The lowest BCUT2D eigenvalue weighted by atomic mass is 9.69. The van der Waals surface area contributed by atoms with Crippen molar-refractivity contribution < 1.29 is 4.74 Å². The molecule has 0 unspecified atom stereocenters. The summed E-state index contributed by atoms with van der Waals surface area (Å²) in [5.41, 5.74) is 2.78. The van der Waals surface area contributed by atoms with Gasteiger partial charge in [-0.2, -0.15) is 0 Å². The number of allylic oxidation sites excluding steroid dienone is 1. The first-order chi connectivity index (χ1) is 8.61. The molecule has 98 valence electrons. The average Bonchev–Trinajstić information content (AvgIpc) is 2.38.